The topological polar surface area (TPSA) is 51.2 Å². The van der Waals surface area contributed by atoms with E-state index >= 15 is 0 Å². The molecule has 6 heteroatoms. The van der Waals surface area contributed by atoms with Gasteiger partial charge in [0.05, 0.1) is 5.69 Å². The van der Waals surface area contributed by atoms with Crippen molar-refractivity contribution in [1.82, 2.24) is 10.3 Å². The Morgan fingerprint density at radius 1 is 1.39 bits per heavy atom. The summed E-state index contributed by atoms with van der Waals surface area (Å²) in [5.41, 5.74) is 0.742. The van der Waals surface area contributed by atoms with E-state index in [0.717, 1.165) is 29.3 Å². The molecule has 0 aliphatic carbocycles. The molecule has 1 amide bonds. The fraction of sp³-hybridized carbons (Fsp3) is 0.412. The molecule has 0 spiro atoms. The number of halogens is 1. The van der Waals surface area contributed by atoms with Crippen molar-refractivity contribution < 1.29 is 9.53 Å². The van der Waals surface area contributed by atoms with E-state index in [-0.39, 0.29) is 11.9 Å². The van der Waals surface area contributed by atoms with E-state index < -0.39 is 0 Å². The average Bonchev–Trinajstić information content (AvgIpc) is 2.88. The molecule has 1 heterocycles. The van der Waals surface area contributed by atoms with Crippen LogP contribution in [0.25, 0.3) is 0 Å². The van der Waals surface area contributed by atoms with Crippen molar-refractivity contribution in [2.45, 2.75) is 46.3 Å². The monoisotopic (exact) mass is 352 g/mol. The summed E-state index contributed by atoms with van der Waals surface area (Å²) in [6.45, 7) is 6.31. The standard InChI is InChI=1S/C17H21ClN2O2S/c1-4-5-11(2)19-17(21)16-12(3)20-15(23-16)10-22-14-8-6-13(18)7-9-14/h6-9,11H,4-5,10H2,1-3H3,(H,19,21). The Morgan fingerprint density at radius 3 is 2.74 bits per heavy atom. The molecule has 2 aromatic rings. The molecule has 1 atom stereocenters. The van der Waals surface area contributed by atoms with E-state index in [4.69, 9.17) is 16.3 Å². The van der Waals surface area contributed by atoms with Gasteiger partial charge in [-0.2, -0.15) is 0 Å². The SMILES string of the molecule is CCCC(C)NC(=O)c1sc(COc2ccc(Cl)cc2)nc1C. The quantitative estimate of drug-likeness (QED) is 0.792. The van der Waals surface area contributed by atoms with Crippen LogP contribution in [0.3, 0.4) is 0 Å². The first-order valence-electron chi connectivity index (χ1n) is 7.65. The third kappa shape index (κ3) is 5.22. The van der Waals surface area contributed by atoms with Crippen LogP contribution in [-0.2, 0) is 6.61 Å². The predicted molar refractivity (Wildman–Crippen MR) is 94.5 cm³/mol. The first-order chi connectivity index (χ1) is 11.0. The van der Waals surface area contributed by atoms with Gasteiger partial charge in [-0.25, -0.2) is 4.98 Å². The van der Waals surface area contributed by atoms with Crippen LogP contribution < -0.4 is 10.1 Å². The third-order valence-electron chi connectivity index (χ3n) is 3.32. The summed E-state index contributed by atoms with van der Waals surface area (Å²) >= 11 is 7.22. The zero-order valence-electron chi connectivity index (χ0n) is 13.6. The Hall–Kier alpha value is -1.59. The zero-order valence-corrected chi connectivity index (χ0v) is 15.1. The first kappa shape index (κ1) is 17.8. The molecule has 0 saturated heterocycles. The lowest BCUT2D eigenvalue weighted by Crippen LogP contribution is -2.32. The van der Waals surface area contributed by atoms with Crippen molar-refractivity contribution in [3.8, 4) is 5.75 Å². The van der Waals surface area contributed by atoms with Crippen LogP contribution in [-0.4, -0.2) is 16.9 Å². The van der Waals surface area contributed by atoms with Crippen LogP contribution in [0.1, 0.15) is 47.1 Å². The molecule has 1 unspecified atom stereocenters. The van der Waals surface area contributed by atoms with Crippen LogP contribution in [0.15, 0.2) is 24.3 Å². The molecule has 23 heavy (non-hydrogen) atoms. The number of aromatic nitrogens is 1. The molecule has 0 aliphatic heterocycles. The van der Waals surface area contributed by atoms with Gasteiger partial charge in [-0.1, -0.05) is 24.9 Å². The van der Waals surface area contributed by atoms with Gasteiger partial charge in [-0.05, 0) is 44.5 Å². The fourth-order valence-corrected chi connectivity index (χ4v) is 3.20. The molecule has 1 aromatic heterocycles. The summed E-state index contributed by atoms with van der Waals surface area (Å²) in [5, 5.41) is 4.46. The maximum Gasteiger partial charge on any atom is 0.263 e. The highest BCUT2D eigenvalue weighted by Gasteiger charge is 2.17. The number of amides is 1. The third-order valence-corrected chi connectivity index (χ3v) is 4.70. The minimum absolute atomic E-state index is 0.0568. The molecule has 4 nitrogen and oxygen atoms in total. The Balaban J connectivity index is 1.97. The molecular formula is C17H21ClN2O2S. The molecule has 0 fully saturated rings. The van der Waals surface area contributed by atoms with Gasteiger partial charge in [0.25, 0.3) is 5.91 Å². The van der Waals surface area contributed by atoms with Gasteiger partial charge in [0.15, 0.2) is 0 Å². The van der Waals surface area contributed by atoms with Crippen molar-refractivity contribution in [1.29, 1.82) is 0 Å². The maximum atomic E-state index is 12.3. The molecule has 0 bridgehead atoms. The number of benzene rings is 1. The van der Waals surface area contributed by atoms with Crippen LogP contribution in [0.2, 0.25) is 5.02 Å². The normalized spacial score (nSPS) is 12.0. The smallest absolute Gasteiger partial charge is 0.263 e. The molecule has 0 saturated carbocycles. The number of nitrogens with zero attached hydrogens (tertiary/aromatic N) is 1. The molecule has 124 valence electrons. The minimum Gasteiger partial charge on any atom is -0.486 e. The predicted octanol–water partition coefficient (Wildman–Crippen LogP) is 4.60. The van der Waals surface area contributed by atoms with E-state index in [2.05, 4.69) is 17.2 Å². The number of ether oxygens (including phenoxy) is 1. The molecular weight excluding hydrogens is 332 g/mol. The van der Waals surface area contributed by atoms with Crippen molar-refractivity contribution in [2.75, 3.05) is 0 Å². The Labute approximate surface area is 145 Å². The largest absolute Gasteiger partial charge is 0.486 e. The highest BCUT2D eigenvalue weighted by molar-refractivity contribution is 7.13. The van der Waals surface area contributed by atoms with E-state index in [0.29, 0.717) is 16.5 Å². The Kier molecular flexibility index (Phi) is 6.42. The van der Waals surface area contributed by atoms with Crippen molar-refractivity contribution in [3.05, 3.63) is 44.9 Å². The minimum atomic E-state index is -0.0568. The van der Waals surface area contributed by atoms with Gasteiger partial charge >= 0.3 is 0 Å². The van der Waals surface area contributed by atoms with Crippen LogP contribution in [0.4, 0.5) is 0 Å². The number of carbonyl (C=O) groups is 1. The number of hydrogen-bond donors (Lipinski definition) is 1. The number of thiazole rings is 1. The highest BCUT2D eigenvalue weighted by Crippen LogP contribution is 2.21. The number of carbonyl (C=O) groups excluding carboxylic acids is 1. The average molecular weight is 353 g/mol. The summed E-state index contributed by atoms with van der Waals surface area (Å²) in [6, 6.07) is 7.34. The van der Waals surface area contributed by atoms with Crippen molar-refractivity contribution in [2.24, 2.45) is 0 Å². The summed E-state index contributed by atoms with van der Waals surface area (Å²) in [6.07, 6.45) is 2.01. The van der Waals surface area contributed by atoms with Gasteiger partial charge in [-0.3, -0.25) is 4.79 Å². The Bertz CT molecular complexity index is 655. The van der Waals surface area contributed by atoms with E-state index in [1.807, 2.05) is 26.0 Å². The second-order valence-corrected chi connectivity index (χ2v) is 6.95. The van der Waals surface area contributed by atoms with Crippen LogP contribution in [0, 0.1) is 6.92 Å². The van der Waals surface area contributed by atoms with Crippen molar-refractivity contribution >= 4 is 28.8 Å². The molecule has 0 radical (unpaired) electrons. The van der Waals surface area contributed by atoms with Gasteiger partial charge in [0, 0.05) is 11.1 Å². The number of rotatable bonds is 7. The zero-order chi connectivity index (χ0) is 16.8. The summed E-state index contributed by atoms with van der Waals surface area (Å²) in [4.78, 5) is 17.4. The number of aryl methyl sites for hydroxylation is 1. The lowest BCUT2D eigenvalue weighted by Gasteiger charge is -2.11. The Morgan fingerprint density at radius 2 is 2.09 bits per heavy atom. The summed E-state index contributed by atoms with van der Waals surface area (Å²) in [5.74, 6) is 0.670. The number of hydrogen-bond acceptors (Lipinski definition) is 4. The van der Waals surface area contributed by atoms with Gasteiger partial charge < -0.3 is 10.1 Å². The van der Waals surface area contributed by atoms with Crippen molar-refractivity contribution in [3.63, 3.8) is 0 Å². The first-order valence-corrected chi connectivity index (χ1v) is 8.84. The van der Waals surface area contributed by atoms with Crippen LogP contribution in [0.5, 0.6) is 5.75 Å². The lowest BCUT2D eigenvalue weighted by molar-refractivity contribution is 0.0941. The van der Waals surface area contributed by atoms with Gasteiger partial charge in [0.1, 0.15) is 22.2 Å². The maximum absolute atomic E-state index is 12.3. The van der Waals surface area contributed by atoms with E-state index in [1.54, 1.807) is 12.1 Å². The summed E-state index contributed by atoms with van der Waals surface area (Å²) in [7, 11) is 0. The van der Waals surface area contributed by atoms with E-state index in [9.17, 15) is 4.79 Å². The van der Waals surface area contributed by atoms with Crippen LogP contribution >= 0.6 is 22.9 Å². The lowest BCUT2D eigenvalue weighted by atomic mass is 10.2. The summed E-state index contributed by atoms with van der Waals surface area (Å²) < 4.78 is 5.67. The van der Waals surface area contributed by atoms with Gasteiger partial charge in [-0.15, -0.1) is 11.3 Å². The van der Waals surface area contributed by atoms with Gasteiger partial charge in [0.2, 0.25) is 0 Å². The number of nitrogens with one attached hydrogen (secondary N) is 1. The van der Waals surface area contributed by atoms with E-state index in [1.165, 1.54) is 11.3 Å². The molecule has 2 rings (SSSR count). The highest BCUT2D eigenvalue weighted by atomic mass is 35.5. The second kappa shape index (κ2) is 8.31. The molecule has 1 aromatic carbocycles. The fourth-order valence-electron chi connectivity index (χ4n) is 2.20. The second-order valence-electron chi connectivity index (χ2n) is 5.43. The molecule has 0 aliphatic rings. The molecule has 1 N–H and O–H groups in total.